The van der Waals surface area contributed by atoms with Crippen LogP contribution in [-0.2, 0) is 19.4 Å². The molecule has 0 radical (unpaired) electrons. The highest BCUT2D eigenvalue weighted by atomic mass is 32.2. The number of hydrogen-bond donors (Lipinski definition) is 1. The molecule has 0 atom stereocenters. The highest BCUT2D eigenvalue weighted by Crippen LogP contribution is 2.16. The number of nitrogens with one attached hydrogen (secondary N) is 1. The first-order valence-corrected chi connectivity index (χ1v) is 7.98. The van der Waals surface area contributed by atoms with Gasteiger partial charge in [-0.25, -0.2) is 13.2 Å². The maximum absolute atomic E-state index is 11.8. The van der Waals surface area contributed by atoms with Crippen LogP contribution in [0.5, 0.6) is 0 Å². The number of carbonyl (C=O) groups is 2. The molecule has 0 aliphatic heterocycles. The van der Waals surface area contributed by atoms with E-state index in [1.54, 1.807) is 0 Å². The molecule has 0 aliphatic rings. The topological polar surface area (TPSA) is 89.5 Å². The number of hydrogen-bond acceptors (Lipinski definition) is 5. The molecule has 6 nitrogen and oxygen atoms in total. The Labute approximate surface area is 118 Å². The lowest BCUT2D eigenvalue weighted by Gasteiger charge is -2.08. The predicted molar refractivity (Wildman–Crippen MR) is 73.1 cm³/mol. The first kappa shape index (κ1) is 16.2. The maximum atomic E-state index is 11.8. The van der Waals surface area contributed by atoms with Crippen LogP contribution in [0.4, 0.5) is 0 Å². The van der Waals surface area contributed by atoms with Crippen molar-refractivity contribution >= 4 is 21.7 Å². The van der Waals surface area contributed by atoms with E-state index in [0.717, 1.165) is 12.7 Å². The van der Waals surface area contributed by atoms with Crippen LogP contribution in [-0.4, -0.2) is 39.7 Å². The van der Waals surface area contributed by atoms with Gasteiger partial charge >= 0.3 is 5.97 Å². The highest BCUT2D eigenvalue weighted by Gasteiger charge is 2.19. The largest absolute Gasteiger partial charge is 0.452 e. The van der Waals surface area contributed by atoms with Crippen molar-refractivity contribution in [3.8, 4) is 0 Å². The monoisotopic (exact) mass is 299 g/mol. The maximum Gasteiger partial charge on any atom is 0.339 e. The van der Waals surface area contributed by atoms with E-state index in [1.165, 1.54) is 24.3 Å². The minimum atomic E-state index is -3.53. The molecular formula is C13H17NO5S. The minimum Gasteiger partial charge on any atom is -0.452 e. The van der Waals surface area contributed by atoms with Gasteiger partial charge in [-0.3, -0.25) is 4.79 Å². The molecule has 0 heterocycles. The van der Waals surface area contributed by atoms with Crippen molar-refractivity contribution in [2.24, 2.45) is 0 Å². The number of amides is 1. The van der Waals surface area contributed by atoms with E-state index in [-0.39, 0.29) is 10.5 Å². The Morgan fingerprint density at radius 1 is 1.25 bits per heavy atom. The molecule has 0 saturated carbocycles. The summed E-state index contributed by atoms with van der Waals surface area (Å²) in [5.74, 6) is -1.25. The summed E-state index contributed by atoms with van der Waals surface area (Å²) < 4.78 is 27.9. The van der Waals surface area contributed by atoms with Crippen LogP contribution in [0, 0.1) is 0 Å². The zero-order chi connectivity index (χ0) is 15.2. The molecule has 1 aromatic rings. The smallest absolute Gasteiger partial charge is 0.339 e. The average Bonchev–Trinajstić information content (AvgIpc) is 2.41. The van der Waals surface area contributed by atoms with Gasteiger partial charge in [-0.05, 0) is 18.6 Å². The Hall–Kier alpha value is -1.89. The van der Waals surface area contributed by atoms with Gasteiger partial charge in [0.2, 0.25) is 0 Å². The molecule has 20 heavy (non-hydrogen) atoms. The van der Waals surface area contributed by atoms with Crippen LogP contribution < -0.4 is 5.32 Å². The summed E-state index contributed by atoms with van der Waals surface area (Å²) in [6.07, 6.45) is 1.78. The van der Waals surface area contributed by atoms with E-state index in [2.05, 4.69) is 5.32 Å². The van der Waals surface area contributed by atoms with E-state index in [1.807, 2.05) is 6.92 Å². The lowest BCUT2D eigenvalue weighted by molar-refractivity contribution is -0.124. The molecule has 0 fully saturated rings. The molecule has 0 spiro atoms. The first-order valence-electron chi connectivity index (χ1n) is 6.09. The van der Waals surface area contributed by atoms with E-state index in [9.17, 15) is 18.0 Å². The zero-order valence-corrected chi connectivity index (χ0v) is 12.2. The molecule has 7 heteroatoms. The van der Waals surface area contributed by atoms with Crippen molar-refractivity contribution in [3.63, 3.8) is 0 Å². The summed E-state index contributed by atoms with van der Waals surface area (Å²) in [6.45, 7) is 1.96. The number of esters is 1. The molecule has 0 aliphatic carbocycles. The van der Waals surface area contributed by atoms with E-state index < -0.39 is 28.3 Å². The standard InChI is InChI=1S/C13H17NO5S/c1-3-8-14-12(15)9-19-13(16)10-6-4-5-7-11(10)20(2,17)18/h4-7H,3,8-9H2,1-2H3,(H,14,15). The third-order valence-electron chi connectivity index (χ3n) is 2.41. The van der Waals surface area contributed by atoms with Gasteiger partial charge < -0.3 is 10.1 Å². The number of rotatable bonds is 6. The predicted octanol–water partition coefficient (Wildman–Crippen LogP) is 0.773. The summed E-state index contributed by atoms with van der Waals surface area (Å²) in [5, 5.41) is 2.55. The molecule has 110 valence electrons. The van der Waals surface area contributed by atoms with Gasteiger partial charge in [-0.2, -0.15) is 0 Å². The Morgan fingerprint density at radius 3 is 2.50 bits per heavy atom. The van der Waals surface area contributed by atoms with Crippen molar-refractivity contribution in [1.29, 1.82) is 0 Å². The molecule has 0 unspecified atom stereocenters. The van der Waals surface area contributed by atoms with Crippen LogP contribution >= 0.6 is 0 Å². The van der Waals surface area contributed by atoms with Crippen LogP contribution in [0.3, 0.4) is 0 Å². The van der Waals surface area contributed by atoms with Gasteiger partial charge in [0, 0.05) is 12.8 Å². The van der Waals surface area contributed by atoms with E-state index in [0.29, 0.717) is 6.54 Å². The van der Waals surface area contributed by atoms with Gasteiger partial charge in [-0.15, -0.1) is 0 Å². The Balaban J connectivity index is 2.77. The second-order valence-electron chi connectivity index (χ2n) is 4.19. The SMILES string of the molecule is CCCNC(=O)COC(=O)c1ccccc1S(C)(=O)=O. The van der Waals surface area contributed by atoms with Crippen molar-refractivity contribution < 1.29 is 22.7 Å². The fraction of sp³-hybridized carbons (Fsp3) is 0.385. The fourth-order valence-electron chi connectivity index (χ4n) is 1.48. The third-order valence-corrected chi connectivity index (χ3v) is 3.57. The molecule has 0 bridgehead atoms. The first-order chi connectivity index (χ1) is 9.36. The van der Waals surface area contributed by atoms with Gasteiger partial charge in [-0.1, -0.05) is 19.1 Å². The number of carbonyl (C=O) groups excluding carboxylic acids is 2. The van der Waals surface area contributed by atoms with Crippen LogP contribution in [0.2, 0.25) is 0 Å². The van der Waals surface area contributed by atoms with Gasteiger partial charge in [0.25, 0.3) is 5.91 Å². The Morgan fingerprint density at radius 2 is 1.90 bits per heavy atom. The minimum absolute atomic E-state index is 0.0710. The summed E-state index contributed by atoms with van der Waals surface area (Å²) in [5.41, 5.74) is -0.0710. The second-order valence-corrected chi connectivity index (χ2v) is 6.18. The number of ether oxygens (including phenoxy) is 1. The van der Waals surface area contributed by atoms with E-state index >= 15 is 0 Å². The quantitative estimate of drug-likeness (QED) is 0.784. The normalized spacial score (nSPS) is 10.9. The van der Waals surface area contributed by atoms with Gasteiger partial charge in [0.05, 0.1) is 10.5 Å². The van der Waals surface area contributed by atoms with Gasteiger partial charge in [0.15, 0.2) is 16.4 Å². The van der Waals surface area contributed by atoms with Crippen molar-refractivity contribution in [1.82, 2.24) is 5.32 Å². The third kappa shape index (κ3) is 4.65. The molecule has 1 amide bonds. The highest BCUT2D eigenvalue weighted by molar-refractivity contribution is 7.90. The Kier molecular flexibility index (Phi) is 5.69. The lowest BCUT2D eigenvalue weighted by Crippen LogP contribution is -2.29. The van der Waals surface area contributed by atoms with Crippen molar-refractivity contribution in [2.75, 3.05) is 19.4 Å². The number of benzene rings is 1. The van der Waals surface area contributed by atoms with Crippen molar-refractivity contribution in [2.45, 2.75) is 18.2 Å². The summed E-state index contributed by atoms with van der Waals surface area (Å²) in [7, 11) is -3.53. The van der Waals surface area contributed by atoms with Crippen LogP contribution in [0.1, 0.15) is 23.7 Å². The summed E-state index contributed by atoms with van der Waals surface area (Å²) >= 11 is 0. The molecular weight excluding hydrogens is 282 g/mol. The van der Waals surface area contributed by atoms with E-state index in [4.69, 9.17) is 4.74 Å². The second kappa shape index (κ2) is 7.04. The molecule has 1 aromatic carbocycles. The van der Waals surface area contributed by atoms with Gasteiger partial charge in [0.1, 0.15) is 0 Å². The summed E-state index contributed by atoms with van der Waals surface area (Å²) in [4.78, 5) is 23.0. The van der Waals surface area contributed by atoms with Crippen molar-refractivity contribution in [3.05, 3.63) is 29.8 Å². The molecule has 1 rings (SSSR count). The lowest BCUT2D eigenvalue weighted by atomic mass is 10.2. The fourth-order valence-corrected chi connectivity index (χ4v) is 2.36. The van der Waals surface area contributed by atoms with Crippen LogP contribution in [0.25, 0.3) is 0 Å². The molecule has 0 saturated heterocycles. The molecule has 1 N–H and O–H groups in total. The average molecular weight is 299 g/mol. The number of sulfone groups is 1. The molecule has 0 aromatic heterocycles. The van der Waals surface area contributed by atoms with Crippen LogP contribution in [0.15, 0.2) is 29.2 Å². The zero-order valence-electron chi connectivity index (χ0n) is 11.4. The summed E-state index contributed by atoms with van der Waals surface area (Å²) in [6, 6.07) is 5.72. The Bertz CT molecular complexity index is 595.